The van der Waals surface area contributed by atoms with E-state index in [1.54, 1.807) is 11.7 Å². The molecule has 1 aromatic carbocycles. The Morgan fingerprint density at radius 1 is 1.11 bits per heavy atom. The molecular weight excluding hydrogens is 446 g/mol. The Balaban J connectivity index is 1.35. The van der Waals surface area contributed by atoms with Gasteiger partial charge in [0.1, 0.15) is 22.7 Å². The van der Waals surface area contributed by atoms with Gasteiger partial charge in [-0.3, -0.25) is 14.3 Å². The molecule has 0 aliphatic carbocycles. The largest absolute Gasteiger partial charge is 0.497 e. The summed E-state index contributed by atoms with van der Waals surface area (Å²) in [5.74, 6) is 2.22. The molecule has 10 heteroatoms. The number of hydrogen-bond acceptors (Lipinski definition) is 9. The van der Waals surface area contributed by atoms with Crippen molar-refractivity contribution in [3.63, 3.8) is 0 Å². The molecule has 182 valence electrons. The maximum absolute atomic E-state index is 12.8. The van der Waals surface area contributed by atoms with E-state index < -0.39 is 0 Å². The van der Waals surface area contributed by atoms with Crippen molar-refractivity contribution in [1.82, 2.24) is 24.4 Å². The molecule has 0 radical (unpaired) electrons. The Bertz CT molecular complexity index is 1400. The fourth-order valence-corrected chi connectivity index (χ4v) is 4.59. The lowest BCUT2D eigenvalue weighted by atomic mass is 10.1. The van der Waals surface area contributed by atoms with E-state index in [9.17, 15) is 4.79 Å². The van der Waals surface area contributed by atoms with Crippen LogP contribution < -0.4 is 20.9 Å². The third-order valence-corrected chi connectivity index (χ3v) is 6.50. The van der Waals surface area contributed by atoms with Crippen LogP contribution in [0.1, 0.15) is 12.7 Å². The number of furan rings is 1. The van der Waals surface area contributed by atoms with E-state index in [1.165, 1.54) is 11.9 Å². The van der Waals surface area contributed by atoms with Gasteiger partial charge in [0.2, 0.25) is 5.95 Å². The Labute approximate surface area is 203 Å². The number of methoxy groups -OCH3 is 1. The number of aromatic nitrogens is 4. The maximum Gasteiger partial charge on any atom is 0.270 e. The van der Waals surface area contributed by atoms with Gasteiger partial charge in [-0.1, -0.05) is 0 Å². The van der Waals surface area contributed by atoms with Crippen LogP contribution in [0.5, 0.6) is 5.75 Å². The van der Waals surface area contributed by atoms with Crippen LogP contribution in [0.15, 0.2) is 51.8 Å². The second-order valence-corrected chi connectivity index (χ2v) is 8.79. The van der Waals surface area contributed by atoms with Crippen LogP contribution in [0.2, 0.25) is 0 Å². The van der Waals surface area contributed by atoms with Crippen LogP contribution in [0.3, 0.4) is 0 Å². The molecular formula is C25H29N7O3. The van der Waals surface area contributed by atoms with Gasteiger partial charge in [-0.2, -0.15) is 4.98 Å². The quantitative estimate of drug-likeness (QED) is 0.449. The molecule has 0 unspecified atom stereocenters. The highest BCUT2D eigenvalue weighted by atomic mass is 16.5. The Kier molecular flexibility index (Phi) is 6.12. The summed E-state index contributed by atoms with van der Waals surface area (Å²) in [4.78, 5) is 30.6. The highest BCUT2D eigenvalue weighted by molar-refractivity contribution is 5.86. The number of anilines is 2. The minimum Gasteiger partial charge on any atom is -0.497 e. The molecule has 3 aromatic heterocycles. The number of aryl methyl sites for hydroxylation is 1. The van der Waals surface area contributed by atoms with E-state index >= 15 is 0 Å². The summed E-state index contributed by atoms with van der Waals surface area (Å²) in [5.41, 5.74) is 8.36. The second-order valence-electron chi connectivity index (χ2n) is 8.79. The lowest BCUT2D eigenvalue weighted by molar-refractivity contribution is 0.182. The molecule has 1 atom stereocenters. The van der Waals surface area contributed by atoms with Crippen molar-refractivity contribution in [2.75, 3.05) is 43.9 Å². The summed E-state index contributed by atoms with van der Waals surface area (Å²) >= 11 is 0. The van der Waals surface area contributed by atoms with Gasteiger partial charge in [-0.15, -0.1) is 0 Å². The van der Waals surface area contributed by atoms with E-state index in [0.717, 1.165) is 31.1 Å². The van der Waals surface area contributed by atoms with Gasteiger partial charge < -0.3 is 19.8 Å². The molecule has 4 heterocycles. The minimum atomic E-state index is -0.221. The first kappa shape index (κ1) is 22.9. The third kappa shape index (κ3) is 4.57. The summed E-state index contributed by atoms with van der Waals surface area (Å²) in [6.07, 6.45) is 1.31. The zero-order valence-corrected chi connectivity index (χ0v) is 20.1. The number of ether oxygens (including phenoxy) is 1. The van der Waals surface area contributed by atoms with Gasteiger partial charge in [-0.05, 0) is 50.2 Å². The zero-order valence-electron chi connectivity index (χ0n) is 20.1. The molecule has 5 rings (SSSR count). The van der Waals surface area contributed by atoms with E-state index in [2.05, 4.69) is 43.8 Å². The number of nitrogen functional groups attached to an aromatic ring is 1. The molecule has 0 bridgehead atoms. The fourth-order valence-electron chi connectivity index (χ4n) is 4.59. The van der Waals surface area contributed by atoms with Crippen molar-refractivity contribution in [2.45, 2.75) is 26.4 Å². The normalized spacial score (nSPS) is 16.7. The Morgan fingerprint density at radius 3 is 2.60 bits per heavy atom. The smallest absolute Gasteiger partial charge is 0.270 e. The molecule has 35 heavy (non-hydrogen) atoms. The van der Waals surface area contributed by atoms with Crippen molar-refractivity contribution >= 4 is 22.8 Å². The van der Waals surface area contributed by atoms with Crippen molar-refractivity contribution in [3.05, 3.63) is 58.7 Å². The predicted molar refractivity (Wildman–Crippen MR) is 135 cm³/mol. The monoisotopic (exact) mass is 475 g/mol. The number of nitrogens with two attached hydrogens (primary N) is 1. The molecule has 2 N–H and O–H groups in total. The SMILES string of the molecule is COc1ccc(N2CCN(CCn3c(=O)cnc4c(-c5ccc(C)o5)nc(N)nc43)[C@@H](C)C2)cc1. The van der Waals surface area contributed by atoms with Crippen LogP contribution in [-0.2, 0) is 6.54 Å². The fraction of sp³-hybridized carbons (Fsp3) is 0.360. The number of piperazine rings is 1. The minimum absolute atomic E-state index is 0.0733. The molecule has 1 fully saturated rings. The molecule has 1 aliphatic heterocycles. The van der Waals surface area contributed by atoms with Crippen LogP contribution in [0.4, 0.5) is 11.6 Å². The molecule has 0 saturated carbocycles. The van der Waals surface area contributed by atoms with Gasteiger partial charge in [0.25, 0.3) is 5.56 Å². The first-order valence-electron chi connectivity index (χ1n) is 11.7. The lowest BCUT2D eigenvalue weighted by Gasteiger charge is -2.41. The molecule has 1 saturated heterocycles. The predicted octanol–water partition coefficient (Wildman–Crippen LogP) is 2.56. The number of nitrogens with zero attached hydrogens (tertiary/aromatic N) is 6. The Hall–Kier alpha value is -3.92. The van der Waals surface area contributed by atoms with Crippen LogP contribution in [-0.4, -0.2) is 63.7 Å². The third-order valence-electron chi connectivity index (χ3n) is 6.50. The zero-order chi connectivity index (χ0) is 24.5. The summed E-state index contributed by atoms with van der Waals surface area (Å²) in [5, 5.41) is 0. The van der Waals surface area contributed by atoms with E-state index in [4.69, 9.17) is 14.9 Å². The van der Waals surface area contributed by atoms with Crippen molar-refractivity contribution in [1.29, 1.82) is 0 Å². The summed E-state index contributed by atoms with van der Waals surface area (Å²) in [6, 6.07) is 12.1. The van der Waals surface area contributed by atoms with Gasteiger partial charge in [0.05, 0.1) is 13.3 Å². The van der Waals surface area contributed by atoms with E-state index in [0.29, 0.717) is 41.7 Å². The van der Waals surface area contributed by atoms with Gasteiger partial charge in [-0.25, -0.2) is 9.97 Å². The van der Waals surface area contributed by atoms with Gasteiger partial charge in [0.15, 0.2) is 11.4 Å². The molecule has 0 spiro atoms. The Morgan fingerprint density at radius 2 is 1.91 bits per heavy atom. The highest BCUT2D eigenvalue weighted by Crippen LogP contribution is 2.26. The van der Waals surface area contributed by atoms with E-state index in [1.807, 2.05) is 31.2 Å². The summed E-state index contributed by atoms with van der Waals surface area (Å²) < 4.78 is 12.6. The molecule has 4 aromatic rings. The average Bonchev–Trinajstić information content (AvgIpc) is 3.29. The summed E-state index contributed by atoms with van der Waals surface area (Å²) in [6.45, 7) is 7.93. The van der Waals surface area contributed by atoms with E-state index in [-0.39, 0.29) is 11.5 Å². The first-order valence-corrected chi connectivity index (χ1v) is 11.7. The molecule has 0 amide bonds. The standard InChI is InChI=1S/C25H29N7O3/c1-16-15-31(18-5-7-19(34-3)8-6-18)11-10-30(16)12-13-32-21(33)14-27-23-22(20-9-4-17(2)35-20)28-25(26)29-24(23)32/h4-9,14,16H,10-13,15H2,1-3H3,(H2,26,28,29)/t16-/m0/s1. The number of rotatable bonds is 6. The number of hydrogen-bond donors (Lipinski definition) is 1. The van der Waals surface area contributed by atoms with Crippen molar-refractivity contribution in [3.8, 4) is 17.2 Å². The van der Waals surface area contributed by atoms with Crippen LogP contribution in [0.25, 0.3) is 22.6 Å². The van der Waals surface area contributed by atoms with Crippen LogP contribution in [0, 0.1) is 6.92 Å². The van der Waals surface area contributed by atoms with Crippen molar-refractivity contribution < 1.29 is 9.15 Å². The molecule has 1 aliphatic rings. The van der Waals surface area contributed by atoms with Crippen molar-refractivity contribution in [2.24, 2.45) is 0 Å². The highest BCUT2D eigenvalue weighted by Gasteiger charge is 2.24. The maximum atomic E-state index is 12.8. The van der Waals surface area contributed by atoms with Gasteiger partial charge in [0, 0.05) is 44.5 Å². The number of fused-ring (bicyclic) bond motifs is 1. The lowest BCUT2D eigenvalue weighted by Crippen LogP contribution is -2.52. The summed E-state index contributed by atoms with van der Waals surface area (Å²) in [7, 11) is 1.67. The second kappa shape index (κ2) is 9.38. The van der Waals surface area contributed by atoms with Crippen LogP contribution >= 0.6 is 0 Å². The van der Waals surface area contributed by atoms with Gasteiger partial charge >= 0.3 is 0 Å². The first-order chi connectivity index (χ1) is 16.9. The molecule has 10 nitrogen and oxygen atoms in total. The number of benzene rings is 1. The average molecular weight is 476 g/mol. The topological polar surface area (TPSA) is 116 Å².